The lowest BCUT2D eigenvalue weighted by atomic mass is 9.79. The molecule has 0 bridgehead atoms. The van der Waals surface area contributed by atoms with Crippen molar-refractivity contribution in [1.82, 2.24) is 0 Å². The van der Waals surface area contributed by atoms with E-state index in [1.807, 2.05) is 32.9 Å². The number of aryl methyl sites for hydroxylation is 1. The SMILES string of the molecule is Cc1cc(C(O)C2CCCCC2)cc2c1NC(=O)C2(C)C. The van der Waals surface area contributed by atoms with Crippen molar-refractivity contribution in [1.29, 1.82) is 0 Å². The Morgan fingerprint density at radius 3 is 2.57 bits per heavy atom. The predicted octanol–water partition coefficient (Wildman–Crippen LogP) is 3.84. The van der Waals surface area contributed by atoms with E-state index >= 15 is 0 Å². The fraction of sp³-hybridized carbons (Fsp3) is 0.611. The minimum absolute atomic E-state index is 0.0462. The van der Waals surface area contributed by atoms with Gasteiger partial charge in [0.1, 0.15) is 0 Å². The summed E-state index contributed by atoms with van der Waals surface area (Å²) in [6.45, 7) is 5.91. The number of fused-ring (bicyclic) bond motifs is 1. The summed E-state index contributed by atoms with van der Waals surface area (Å²) < 4.78 is 0. The molecular weight excluding hydrogens is 262 g/mol. The number of carbonyl (C=O) groups is 1. The smallest absolute Gasteiger partial charge is 0.234 e. The van der Waals surface area contributed by atoms with Crippen molar-refractivity contribution < 1.29 is 9.90 Å². The molecule has 1 fully saturated rings. The molecule has 2 N–H and O–H groups in total. The maximum atomic E-state index is 12.1. The fourth-order valence-electron chi connectivity index (χ4n) is 3.76. The van der Waals surface area contributed by atoms with Crippen LogP contribution in [0.2, 0.25) is 0 Å². The highest BCUT2D eigenvalue weighted by Crippen LogP contribution is 2.43. The van der Waals surface area contributed by atoms with Gasteiger partial charge in [-0.3, -0.25) is 4.79 Å². The summed E-state index contributed by atoms with van der Waals surface area (Å²) in [6, 6.07) is 4.08. The van der Waals surface area contributed by atoms with Crippen LogP contribution in [0, 0.1) is 12.8 Å². The van der Waals surface area contributed by atoms with Crippen molar-refractivity contribution in [2.24, 2.45) is 5.92 Å². The molecule has 1 atom stereocenters. The molecule has 3 heteroatoms. The van der Waals surface area contributed by atoms with Gasteiger partial charge in [-0.25, -0.2) is 0 Å². The largest absolute Gasteiger partial charge is 0.388 e. The van der Waals surface area contributed by atoms with Crippen LogP contribution in [0.15, 0.2) is 12.1 Å². The molecule has 0 saturated heterocycles. The molecule has 1 unspecified atom stereocenters. The van der Waals surface area contributed by atoms with Gasteiger partial charge in [0.2, 0.25) is 5.91 Å². The van der Waals surface area contributed by atoms with E-state index in [-0.39, 0.29) is 5.91 Å². The normalized spacial score (nSPS) is 22.8. The molecule has 1 aliphatic heterocycles. The monoisotopic (exact) mass is 287 g/mol. The Kier molecular flexibility index (Phi) is 3.56. The van der Waals surface area contributed by atoms with E-state index < -0.39 is 11.5 Å². The number of anilines is 1. The van der Waals surface area contributed by atoms with Crippen LogP contribution in [0.5, 0.6) is 0 Å². The van der Waals surface area contributed by atoms with Crippen LogP contribution in [-0.2, 0) is 10.2 Å². The highest BCUT2D eigenvalue weighted by atomic mass is 16.3. The van der Waals surface area contributed by atoms with Gasteiger partial charge in [-0.1, -0.05) is 31.4 Å². The second kappa shape index (κ2) is 5.13. The molecule has 114 valence electrons. The third-order valence-corrected chi connectivity index (χ3v) is 5.28. The second-order valence-corrected chi connectivity index (χ2v) is 7.18. The maximum absolute atomic E-state index is 12.1. The van der Waals surface area contributed by atoms with Gasteiger partial charge in [0.15, 0.2) is 0 Å². The molecular formula is C18H25NO2. The summed E-state index contributed by atoms with van der Waals surface area (Å²) in [5.41, 5.74) is 3.48. The molecule has 1 aliphatic carbocycles. The topological polar surface area (TPSA) is 49.3 Å². The van der Waals surface area contributed by atoms with Gasteiger partial charge >= 0.3 is 0 Å². The van der Waals surface area contributed by atoms with E-state index in [1.165, 1.54) is 19.3 Å². The highest BCUT2D eigenvalue weighted by molar-refractivity contribution is 6.06. The number of amides is 1. The lowest BCUT2D eigenvalue weighted by Gasteiger charge is -2.28. The molecule has 1 heterocycles. The predicted molar refractivity (Wildman–Crippen MR) is 84.4 cm³/mol. The van der Waals surface area contributed by atoms with Crippen molar-refractivity contribution in [3.05, 3.63) is 28.8 Å². The Balaban J connectivity index is 1.97. The van der Waals surface area contributed by atoms with Crippen LogP contribution in [-0.4, -0.2) is 11.0 Å². The average molecular weight is 287 g/mol. The molecule has 1 aromatic carbocycles. The van der Waals surface area contributed by atoms with Gasteiger partial charge in [-0.15, -0.1) is 0 Å². The number of hydrogen-bond acceptors (Lipinski definition) is 2. The first-order valence-electron chi connectivity index (χ1n) is 8.06. The Morgan fingerprint density at radius 2 is 1.90 bits per heavy atom. The molecule has 0 spiro atoms. The molecule has 1 saturated carbocycles. The number of benzene rings is 1. The number of hydrogen-bond donors (Lipinski definition) is 2. The van der Waals surface area contributed by atoms with E-state index in [1.54, 1.807) is 0 Å². The second-order valence-electron chi connectivity index (χ2n) is 7.18. The van der Waals surface area contributed by atoms with Gasteiger partial charge in [0.05, 0.1) is 11.5 Å². The van der Waals surface area contributed by atoms with Crippen LogP contribution in [0.1, 0.15) is 68.7 Å². The maximum Gasteiger partial charge on any atom is 0.234 e. The molecule has 3 rings (SSSR count). The van der Waals surface area contributed by atoms with Gasteiger partial charge in [-0.2, -0.15) is 0 Å². The Morgan fingerprint density at radius 1 is 1.24 bits per heavy atom. The number of rotatable bonds is 2. The van der Waals surface area contributed by atoms with Gasteiger partial charge in [0, 0.05) is 5.69 Å². The fourth-order valence-corrected chi connectivity index (χ4v) is 3.76. The standard InChI is InChI=1S/C18H25NO2/c1-11-9-13(16(20)12-7-5-4-6-8-12)10-14-15(11)19-17(21)18(14,2)3/h9-10,12,16,20H,4-8H2,1-3H3,(H,19,21). The van der Waals surface area contributed by atoms with E-state index in [9.17, 15) is 9.90 Å². The van der Waals surface area contributed by atoms with E-state index in [2.05, 4.69) is 5.32 Å². The summed E-state index contributed by atoms with van der Waals surface area (Å²) in [6.07, 6.45) is 5.54. The van der Waals surface area contributed by atoms with Crippen LogP contribution < -0.4 is 5.32 Å². The third kappa shape index (κ3) is 2.38. The van der Waals surface area contributed by atoms with Crippen molar-refractivity contribution in [2.45, 2.75) is 64.4 Å². The Hall–Kier alpha value is -1.35. The first kappa shape index (κ1) is 14.6. The van der Waals surface area contributed by atoms with Crippen molar-refractivity contribution in [3.8, 4) is 0 Å². The van der Waals surface area contributed by atoms with E-state index in [4.69, 9.17) is 0 Å². The molecule has 1 aromatic rings. The zero-order valence-electron chi connectivity index (χ0n) is 13.2. The van der Waals surface area contributed by atoms with Crippen LogP contribution in [0.3, 0.4) is 0 Å². The summed E-state index contributed by atoms with van der Waals surface area (Å²) >= 11 is 0. The number of aliphatic hydroxyl groups is 1. The number of aliphatic hydroxyl groups excluding tert-OH is 1. The summed E-state index contributed by atoms with van der Waals surface area (Å²) in [5.74, 6) is 0.411. The van der Waals surface area contributed by atoms with Gasteiger partial charge in [0.25, 0.3) is 0 Å². The summed E-state index contributed by atoms with van der Waals surface area (Å²) in [5, 5.41) is 13.7. The van der Waals surface area contributed by atoms with Gasteiger partial charge in [-0.05, 0) is 56.2 Å². The van der Waals surface area contributed by atoms with Crippen molar-refractivity contribution in [3.63, 3.8) is 0 Å². The van der Waals surface area contributed by atoms with Crippen LogP contribution in [0.4, 0.5) is 5.69 Å². The molecule has 3 nitrogen and oxygen atoms in total. The number of carbonyl (C=O) groups excluding carboxylic acids is 1. The van der Waals surface area contributed by atoms with E-state index in [0.29, 0.717) is 5.92 Å². The Bertz CT molecular complexity index is 571. The minimum atomic E-state index is -0.512. The van der Waals surface area contributed by atoms with E-state index in [0.717, 1.165) is 35.2 Å². The van der Waals surface area contributed by atoms with Crippen LogP contribution >= 0.6 is 0 Å². The van der Waals surface area contributed by atoms with Crippen molar-refractivity contribution >= 4 is 11.6 Å². The van der Waals surface area contributed by atoms with Crippen LogP contribution in [0.25, 0.3) is 0 Å². The zero-order valence-corrected chi connectivity index (χ0v) is 13.2. The quantitative estimate of drug-likeness (QED) is 0.868. The molecule has 21 heavy (non-hydrogen) atoms. The summed E-state index contributed by atoms with van der Waals surface area (Å²) in [4.78, 5) is 12.1. The lowest BCUT2D eigenvalue weighted by Crippen LogP contribution is -2.27. The Labute approximate surface area is 126 Å². The first-order chi connectivity index (χ1) is 9.91. The van der Waals surface area contributed by atoms with Gasteiger partial charge < -0.3 is 10.4 Å². The molecule has 1 amide bonds. The number of nitrogens with one attached hydrogen (secondary N) is 1. The first-order valence-corrected chi connectivity index (χ1v) is 8.06. The minimum Gasteiger partial charge on any atom is -0.388 e. The molecule has 0 aromatic heterocycles. The highest BCUT2D eigenvalue weighted by Gasteiger charge is 2.40. The zero-order chi connectivity index (χ0) is 15.2. The van der Waals surface area contributed by atoms with Crippen molar-refractivity contribution in [2.75, 3.05) is 5.32 Å². The average Bonchev–Trinajstić information content (AvgIpc) is 2.71. The third-order valence-electron chi connectivity index (χ3n) is 5.28. The summed E-state index contributed by atoms with van der Waals surface area (Å²) in [7, 11) is 0. The molecule has 2 aliphatic rings. The lowest BCUT2D eigenvalue weighted by molar-refractivity contribution is -0.119. The molecule has 0 radical (unpaired) electrons.